The maximum absolute atomic E-state index is 13.5. The molecule has 0 heterocycles. The number of alkyl halides is 2. The summed E-state index contributed by atoms with van der Waals surface area (Å²) < 4.78 is 42.5. The summed E-state index contributed by atoms with van der Waals surface area (Å²) in [5.41, 5.74) is 1.38. The summed E-state index contributed by atoms with van der Waals surface area (Å²) in [4.78, 5) is 0. The molecule has 0 aliphatic carbocycles. The molecule has 0 aliphatic rings. The van der Waals surface area contributed by atoms with Crippen LogP contribution in [0, 0.1) is 5.82 Å². The third-order valence-corrected chi connectivity index (χ3v) is 3.62. The third-order valence-electron chi connectivity index (χ3n) is 2.65. The molecule has 0 bridgehead atoms. The Morgan fingerprint density at radius 2 is 1.95 bits per heavy atom. The van der Waals surface area contributed by atoms with Crippen LogP contribution in [0.3, 0.4) is 0 Å². The van der Waals surface area contributed by atoms with E-state index in [1.54, 1.807) is 12.1 Å². The van der Waals surface area contributed by atoms with Crippen LogP contribution in [0.2, 0.25) is 5.02 Å². The van der Waals surface area contributed by atoms with Crippen molar-refractivity contribution in [3.05, 3.63) is 57.3 Å². The van der Waals surface area contributed by atoms with Gasteiger partial charge in [-0.05, 0) is 29.8 Å². The lowest BCUT2D eigenvalue weighted by molar-refractivity contribution is -0.0521. The molecular weight excluding hydrogens is 371 g/mol. The molecule has 0 fully saturated rings. The van der Waals surface area contributed by atoms with E-state index in [4.69, 9.17) is 11.6 Å². The maximum atomic E-state index is 13.5. The lowest BCUT2D eigenvalue weighted by atomic mass is 10.2. The molecule has 0 atom stereocenters. The van der Waals surface area contributed by atoms with Crippen molar-refractivity contribution in [3.63, 3.8) is 0 Å². The number of anilines is 1. The molecule has 21 heavy (non-hydrogen) atoms. The molecule has 2 nitrogen and oxygen atoms in total. The van der Waals surface area contributed by atoms with Gasteiger partial charge in [-0.2, -0.15) is 8.78 Å². The Kier molecular flexibility index (Phi) is 5.36. The lowest BCUT2D eigenvalue weighted by Crippen LogP contribution is -2.05. The lowest BCUT2D eigenvalue weighted by Gasteiger charge is -2.11. The molecule has 0 radical (unpaired) electrons. The third kappa shape index (κ3) is 4.54. The molecular formula is C14H10BrClF3NO. The van der Waals surface area contributed by atoms with Crippen molar-refractivity contribution < 1.29 is 17.9 Å². The van der Waals surface area contributed by atoms with E-state index < -0.39 is 18.2 Å². The monoisotopic (exact) mass is 379 g/mol. The second kappa shape index (κ2) is 7.04. The van der Waals surface area contributed by atoms with Gasteiger partial charge in [-0.15, -0.1) is 0 Å². The van der Waals surface area contributed by atoms with E-state index in [0.29, 0.717) is 17.3 Å². The number of ether oxygens (including phenoxy) is 1. The highest BCUT2D eigenvalue weighted by Crippen LogP contribution is 2.25. The molecule has 0 amide bonds. The van der Waals surface area contributed by atoms with Gasteiger partial charge in [-0.3, -0.25) is 0 Å². The molecule has 0 aliphatic heterocycles. The molecule has 0 aromatic heterocycles. The number of halogens is 5. The summed E-state index contributed by atoms with van der Waals surface area (Å²) in [6.45, 7) is -2.63. The van der Waals surface area contributed by atoms with Crippen molar-refractivity contribution in [2.45, 2.75) is 13.2 Å². The summed E-state index contributed by atoms with van der Waals surface area (Å²) in [7, 11) is 0. The van der Waals surface area contributed by atoms with Crippen LogP contribution < -0.4 is 10.1 Å². The number of rotatable bonds is 5. The molecule has 0 saturated heterocycles. The van der Waals surface area contributed by atoms with Crippen LogP contribution in [0.25, 0.3) is 0 Å². The molecule has 0 spiro atoms. The van der Waals surface area contributed by atoms with E-state index in [0.717, 1.165) is 22.2 Å². The van der Waals surface area contributed by atoms with Crippen molar-refractivity contribution in [2.24, 2.45) is 0 Å². The molecule has 2 aromatic rings. The smallest absolute Gasteiger partial charge is 0.387 e. The van der Waals surface area contributed by atoms with Gasteiger partial charge in [0.15, 0.2) is 11.6 Å². The Labute approximate surface area is 133 Å². The van der Waals surface area contributed by atoms with E-state index >= 15 is 0 Å². The SMILES string of the molecule is Fc1cc(NCc2ccc(Cl)cc2Br)ccc1OC(F)F. The Morgan fingerprint density at radius 3 is 2.57 bits per heavy atom. The number of nitrogens with one attached hydrogen (secondary N) is 1. The van der Waals surface area contributed by atoms with E-state index in [-0.39, 0.29) is 0 Å². The Hall–Kier alpha value is -1.40. The zero-order chi connectivity index (χ0) is 15.4. The van der Waals surface area contributed by atoms with Crippen molar-refractivity contribution in [2.75, 3.05) is 5.32 Å². The molecule has 1 N–H and O–H groups in total. The van der Waals surface area contributed by atoms with Gasteiger partial charge in [0.25, 0.3) is 0 Å². The molecule has 2 rings (SSSR count). The average molecular weight is 381 g/mol. The second-order valence-electron chi connectivity index (χ2n) is 4.11. The summed E-state index contributed by atoms with van der Waals surface area (Å²) in [5, 5.41) is 3.59. The summed E-state index contributed by atoms with van der Waals surface area (Å²) in [5.74, 6) is -1.33. The summed E-state index contributed by atoms with van der Waals surface area (Å²) in [6.07, 6.45) is 0. The van der Waals surface area contributed by atoms with Crippen LogP contribution >= 0.6 is 27.5 Å². The van der Waals surface area contributed by atoms with Gasteiger partial charge in [-0.25, -0.2) is 4.39 Å². The van der Waals surface area contributed by atoms with Crippen LogP contribution in [-0.4, -0.2) is 6.61 Å². The predicted octanol–water partition coefficient (Wildman–Crippen LogP) is 5.46. The first kappa shape index (κ1) is 16.0. The topological polar surface area (TPSA) is 21.3 Å². The van der Waals surface area contributed by atoms with Gasteiger partial charge in [-0.1, -0.05) is 33.6 Å². The zero-order valence-corrected chi connectivity index (χ0v) is 12.9. The van der Waals surface area contributed by atoms with Crippen molar-refractivity contribution >= 4 is 33.2 Å². The highest BCUT2D eigenvalue weighted by Gasteiger charge is 2.10. The fraction of sp³-hybridized carbons (Fsp3) is 0.143. The van der Waals surface area contributed by atoms with Crippen LogP contribution in [0.15, 0.2) is 40.9 Å². The van der Waals surface area contributed by atoms with Crippen LogP contribution in [0.4, 0.5) is 18.9 Å². The molecule has 0 unspecified atom stereocenters. The minimum atomic E-state index is -3.05. The van der Waals surface area contributed by atoms with Crippen molar-refractivity contribution in [1.29, 1.82) is 0 Å². The minimum absolute atomic E-state index is 0.423. The van der Waals surface area contributed by atoms with Crippen LogP contribution in [0.1, 0.15) is 5.56 Å². The van der Waals surface area contributed by atoms with Crippen molar-refractivity contribution in [3.8, 4) is 5.75 Å². The fourth-order valence-corrected chi connectivity index (χ4v) is 2.49. The Bertz CT molecular complexity index is 640. The van der Waals surface area contributed by atoms with E-state index in [2.05, 4.69) is 26.0 Å². The molecule has 2 aromatic carbocycles. The Balaban J connectivity index is 2.05. The number of hydrogen-bond acceptors (Lipinski definition) is 2. The number of hydrogen-bond donors (Lipinski definition) is 1. The van der Waals surface area contributed by atoms with E-state index in [9.17, 15) is 13.2 Å². The van der Waals surface area contributed by atoms with Gasteiger partial charge in [0.2, 0.25) is 0 Å². The summed E-state index contributed by atoms with van der Waals surface area (Å²) >= 11 is 9.21. The molecule has 112 valence electrons. The van der Waals surface area contributed by atoms with Gasteiger partial charge in [0.05, 0.1) is 0 Å². The zero-order valence-electron chi connectivity index (χ0n) is 10.5. The predicted molar refractivity (Wildman–Crippen MR) is 79.5 cm³/mol. The maximum Gasteiger partial charge on any atom is 0.387 e. The second-order valence-corrected chi connectivity index (χ2v) is 5.40. The van der Waals surface area contributed by atoms with Gasteiger partial charge >= 0.3 is 6.61 Å². The van der Waals surface area contributed by atoms with Crippen LogP contribution in [0.5, 0.6) is 5.75 Å². The largest absolute Gasteiger partial charge is 0.432 e. The number of benzene rings is 2. The van der Waals surface area contributed by atoms with Crippen molar-refractivity contribution in [1.82, 2.24) is 0 Å². The first-order valence-electron chi connectivity index (χ1n) is 5.88. The molecule has 0 saturated carbocycles. The van der Waals surface area contributed by atoms with Gasteiger partial charge in [0, 0.05) is 27.8 Å². The van der Waals surface area contributed by atoms with E-state index in [1.165, 1.54) is 6.07 Å². The standard InChI is InChI=1S/C14H10BrClF3NO/c15-11-5-9(16)2-1-8(11)7-20-10-3-4-13(12(17)6-10)21-14(18)19/h1-6,14,20H,7H2. The van der Waals surface area contributed by atoms with Crippen LogP contribution in [-0.2, 0) is 6.54 Å². The fourth-order valence-electron chi connectivity index (χ4n) is 1.66. The quantitative estimate of drug-likeness (QED) is 0.744. The highest BCUT2D eigenvalue weighted by atomic mass is 79.9. The molecule has 7 heteroatoms. The Morgan fingerprint density at radius 1 is 1.19 bits per heavy atom. The minimum Gasteiger partial charge on any atom is -0.432 e. The average Bonchev–Trinajstić information content (AvgIpc) is 2.40. The highest BCUT2D eigenvalue weighted by molar-refractivity contribution is 9.10. The van der Waals surface area contributed by atoms with Gasteiger partial charge < -0.3 is 10.1 Å². The normalized spacial score (nSPS) is 10.8. The van der Waals surface area contributed by atoms with Gasteiger partial charge in [0.1, 0.15) is 0 Å². The first-order valence-corrected chi connectivity index (χ1v) is 7.05. The first-order chi connectivity index (χ1) is 9.95. The van der Waals surface area contributed by atoms with E-state index in [1.807, 2.05) is 6.07 Å². The summed E-state index contributed by atoms with van der Waals surface area (Å²) in [6, 6.07) is 9.03.